The molecule has 1 nitrogen and oxygen atoms in total. The fourth-order valence-electron chi connectivity index (χ4n) is 2.83. The molecule has 2 atom stereocenters. The maximum atomic E-state index is 3.50. The lowest BCUT2D eigenvalue weighted by molar-refractivity contribution is 0.384. The lowest BCUT2D eigenvalue weighted by Gasteiger charge is -2.25. The Bertz CT molecular complexity index is 298. The van der Waals surface area contributed by atoms with Crippen LogP contribution in [0.2, 0.25) is 0 Å². The molecular formula is C15H23N. The van der Waals surface area contributed by atoms with Gasteiger partial charge in [-0.1, -0.05) is 44.2 Å². The Morgan fingerprint density at radius 1 is 1.25 bits per heavy atom. The first-order chi connectivity index (χ1) is 7.77. The van der Waals surface area contributed by atoms with Crippen LogP contribution in [0, 0.1) is 11.8 Å². The number of rotatable bonds is 4. The summed E-state index contributed by atoms with van der Waals surface area (Å²) in [5, 5.41) is 3.50. The van der Waals surface area contributed by atoms with Crippen molar-refractivity contribution < 1.29 is 0 Å². The Morgan fingerprint density at radius 3 is 2.56 bits per heavy atom. The molecule has 0 spiro atoms. The molecule has 1 aromatic rings. The normalized spacial score (nSPS) is 22.6. The molecule has 0 aromatic heterocycles. The van der Waals surface area contributed by atoms with Gasteiger partial charge in [-0.25, -0.2) is 0 Å². The van der Waals surface area contributed by atoms with Crippen LogP contribution in [0.5, 0.6) is 0 Å². The minimum absolute atomic E-state index is 0.746. The zero-order chi connectivity index (χ0) is 11.4. The summed E-state index contributed by atoms with van der Waals surface area (Å²) < 4.78 is 0. The van der Waals surface area contributed by atoms with Crippen molar-refractivity contribution in [2.24, 2.45) is 11.8 Å². The quantitative estimate of drug-likeness (QED) is 0.815. The Labute approximate surface area is 99.3 Å². The molecule has 1 heteroatoms. The van der Waals surface area contributed by atoms with Gasteiger partial charge in [0, 0.05) is 0 Å². The van der Waals surface area contributed by atoms with Crippen LogP contribution in [-0.2, 0) is 0 Å². The predicted octanol–water partition coefficient (Wildman–Crippen LogP) is 3.43. The number of hydrogen-bond donors (Lipinski definition) is 1. The van der Waals surface area contributed by atoms with E-state index in [1.807, 2.05) is 0 Å². The molecule has 0 bridgehead atoms. The summed E-state index contributed by atoms with van der Waals surface area (Å²) in [5.41, 5.74) is 1.53. The maximum absolute atomic E-state index is 3.50. The molecule has 1 aromatic carbocycles. The van der Waals surface area contributed by atoms with Crippen molar-refractivity contribution in [2.75, 3.05) is 13.1 Å². The van der Waals surface area contributed by atoms with E-state index in [1.165, 1.54) is 31.5 Å². The van der Waals surface area contributed by atoms with Gasteiger partial charge in [-0.15, -0.1) is 0 Å². The molecule has 1 aliphatic rings. The van der Waals surface area contributed by atoms with Gasteiger partial charge in [0.05, 0.1) is 0 Å². The van der Waals surface area contributed by atoms with Gasteiger partial charge in [0.25, 0.3) is 0 Å². The summed E-state index contributed by atoms with van der Waals surface area (Å²) >= 11 is 0. The third-order valence-corrected chi connectivity index (χ3v) is 3.62. The molecule has 1 heterocycles. The summed E-state index contributed by atoms with van der Waals surface area (Å²) in [5.74, 6) is 2.37. The Hall–Kier alpha value is -0.820. The van der Waals surface area contributed by atoms with Crippen molar-refractivity contribution in [3.05, 3.63) is 35.9 Å². The van der Waals surface area contributed by atoms with Crippen molar-refractivity contribution in [3.8, 4) is 0 Å². The average molecular weight is 217 g/mol. The fourth-order valence-corrected chi connectivity index (χ4v) is 2.83. The molecule has 1 N–H and O–H groups in total. The second-order valence-corrected chi connectivity index (χ2v) is 5.40. The van der Waals surface area contributed by atoms with Crippen LogP contribution in [-0.4, -0.2) is 13.1 Å². The first-order valence-corrected chi connectivity index (χ1v) is 6.53. The van der Waals surface area contributed by atoms with E-state index in [1.54, 1.807) is 0 Å². The second-order valence-electron chi connectivity index (χ2n) is 5.40. The monoisotopic (exact) mass is 217 g/mol. The van der Waals surface area contributed by atoms with Crippen LogP contribution < -0.4 is 5.32 Å². The highest BCUT2D eigenvalue weighted by Gasteiger charge is 2.26. The van der Waals surface area contributed by atoms with E-state index in [9.17, 15) is 0 Å². The number of benzene rings is 1. The molecule has 16 heavy (non-hydrogen) atoms. The van der Waals surface area contributed by atoms with E-state index < -0.39 is 0 Å². The van der Waals surface area contributed by atoms with Gasteiger partial charge in [-0.05, 0) is 49.2 Å². The smallest absolute Gasteiger partial charge is 0.00142 e. The van der Waals surface area contributed by atoms with Gasteiger partial charge >= 0.3 is 0 Å². The Balaban J connectivity index is 2.13. The average Bonchev–Trinajstić information content (AvgIpc) is 2.80. The third-order valence-electron chi connectivity index (χ3n) is 3.62. The van der Waals surface area contributed by atoms with Crippen molar-refractivity contribution in [2.45, 2.75) is 32.6 Å². The van der Waals surface area contributed by atoms with Crippen LogP contribution in [0.3, 0.4) is 0 Å². The van der Waals surface area contributed by atoms with E-state index in [-0.39, 0.29) is 0 Å². The highest BCUT2D eigenvalue weighted by atomic mass is 14.9. The molecule has 0 radical (unpaired) electrons. The van der Waals surface area contributed by atoms with E-state index >= 15 is 0 Å². The van der Waals surface area contributed by atoms with Gasteiger partial charge < -0.3 is 5.32 Å². The van der Waals surface area contributed by atoms with E-state index in [2.05, 4.69) is 49.5 Å². The summed E-state index contributed by atoms with van der Waals surface area (Å²) in [4.78, 5) is 0. The SMILES string of the molecule is CC(C)CC(c1ccccc1)C1CCNC1. The minimum Gasteiger partial charge on any atom is -0.316 e. The Morgan fingerprint density at radius 2 is 2.00 bits per heavy atom. The highest BCUT2D eigenvalue weighted by molar-refractivity contribution is 5.21. The molecule has 1 aliphatic heterocycles. The minimum atomic E-state index is 0.746. The maximum Gasteiger partial charge on any atom is -0.00142 e. The molecule has 2 rings (SSSR count). The van der Waals surface area contributed by atoms with Gasteiger partial charge in [0.1, 0.15) is 0 Å². The fraction of sp³-hybridized carbons (Fsp3) is 0.600. The van der Waals surface area contributed by atoms with Crippen LogP contribution in [0.15, 0.2) is 30.3 Å². The second kappa shape index (κ2) is 5.49. The van der Waals surface area contributed by atoms with Crippen LogP contribution in [0.1, 0.15) is 38.2 Å². The van der Waals surface area contributed by atoms with E-state index in [4.69, 9.17) is 0 Å². The zero-order valence-electron chi connectivity index (χ0n) is 10.4. The number of nitrogens with one attached hydrogen (secondary N) is 1. The van der Waals surface area contributed by atoms with Crippen LogP contribution >= 0.6 is 0 Å². The van der Waals surface area contributed by atoms with Crippen molar-refractivity contribution in [1.82, 2.24) is 5.32 Å². The zero-order valence-corrected chi connectivity index (χ0v) is 10.4. The predicted molar refractivity (Wildman–Crippen MR) is 69.6 cm³/mol. The largest absolute Gasteiger partial charge is 0.316 e. The first kappa shape index (κ1) is 11.7. The van der Waals surface area contributed by atoms with Gasteiger partial charge in [0.15, 0.2) is 0 Å². The molecule has 88 valence electrons. The van der Waals surface area contributed by atoms with Gasteiger partial charge in [-0.2, -0.15) is 0 Å². The topological polar surface area (TPSA) is 12.0 Å². The van der Waals surface area contributed by atoms with Crippen molar-refractivity contribution in [1.29, 1.82) is 0 Å². The molecule has 0 saturated carbocycles. The Kier molecular flexibility index (Phi) is 4.00. The molecule has 1 saturated heterocycles. The molecule has 1 fully saturated rings. The van der Waals surface area contributed by atoms with Gasteiger partial charge in [-0.3, -0.25) is 0 Å². The van der Waals surface area contributed by atoms with Crippen molar-refractivity contribution >= 4 is 0 Å². The standard InChI is InChI=1S/C15H23N/c1-12(2)10-15(14-8-9-16-11-14)13-6-4-3-5-7-13/h3-7,12,14-16H,8-11H2,1-2H3. The molecule has 0 amide bonds. The first-order valence-electron chi connectivity index (χ1n) is 6.53. The highest BCUT2D eigenvalue weighted by Crippen LogP contribution is 2.34. The summed E-state index contributed by atoms with van der Waals surface area (Å²) in [7, 11) is 0. The van der Waals surface area contributed by atoms with E-state index in [0.29, 0.717) is 0 Å². The van der Waals surface area contributed by atoms with E-state index in [0.717, 1.165) is 17.8 Å². The molecular weight excluding hydrogens is 194 g/mol. The summed E-state index contributed by atoms with van der Waals surface area (Å²) in [6.07, 6.45) is 2.66. The van der Waals surface area contributed by atoms with Crippen LogP contribution in [0.4, 0.5) is 0 Å². The van der Waals surface area contributed by atoms with Gasteiger partial charge in [0.2, 0.25) is 0 Å². The lowest BCUT2D eigenvalue weighted by Crippen LogP contribution is -2.18. The lowest BCUT2D eigenvalue weighted by atomic mass is 9.80. The summed E-state index contributed by atoms with van der Waals surface area (Å²) in [6, 6.07) is 11.1. The van der Waals surface area contributed by atoms with Crippen LogP contribution in [0.25, 0.3) is 0 Å². The number of hydrogen-bond acceptors (Lipinski definition) is 1. The molecule has 2 unspecified atom stereocenters. The molecule has 0 aliphatic carbocycles. The van der Waals surface area contributed by atoms with Crippen molar-refractivity contribution in [3.63, 3.8) is 0 Å². The summed E-state index contributed by atoms with van der Waals surface area (Å²) in [6.45, 7) is 7.06. The third kappa shape index (κ3) is 2.85.